The average molecular weight is 449 g/mol. The number of nitrogens with one attached hydrogen (secondary N) is 1. The minimum absolute atomic E-state index is 0.104. The van der Waals surface area contributed by atoms with Crippen LogP contribution in [0, 0.1) is 0 Å². The highest BCUT2D eigenvalue weighted by molar-refractivity contribution is 9.10. The van der Waals surface area contributed by atoms with E-state index in [1.54, 1.807) is 28.9 Å². The predicted molar refractivity (Wildman–Crippen MR) is 111 cm³/mol. The van der Waals surface area contributed by atoms with Crippen LogP contribution in [0.25, 0.3) is 0 Å². The van der Waals surface area contributed by atoms with E-state index in [0.717, 1.165) is 22.2 Å². The topological polar surface area (TPSA) is 56.2 Å². The number of aryl methyl sites for hydroxylation is 2. The highest BCUT2D eigenvalue weighted by Crippen LogP contribution is 2.27. The molecule has 0 bridgehead atoms. The summed E-state index contributed by atoms with van der Waals surface area (Å²) in [4.78, 5) is 12.4. The quantitative estimate of drug-likeness (QED) is 0.551. The third-order valence-electron chi connectivity index (χ3n) is 3.99. The summed E-state index contributed by atoms with van der Waals surface area (Å²) in [6, 6.07) is 14.6. The molecule has 0 aliphatic rings. The van der Waals surface area contributed by atoms with Gasteiger partial charge < -0.3 is 10.1 Å². The van der Waals surface area contributed by atoms with Crippen molar-refractivity contribution in [1.29, 1.82) is 0 Å². The van der Waals surface area contributed by atoms with Crippen molar-refractivity contribution in [3.05, 3.63) is 69.3 Å². The molecule has 0 unspecified atom stereocenters. The number of hydrogen-bond donors (Lipinski definition) is 1. The molecular formula is C20H19BrClN3O2. The Morgan fingerprint density at radius 3 is 2.30 bits per heavy atom. The van der Waals surface area contributed by atoms with Crippen LogP contribution in [0.5, 0.6) is 11.5 Å². The molecule has 5 nitrogen and oxygen atoms in total. The van der Waals surface area contributed by atoms with Crippen LogP contribution in [-0.2, 0) is 24.7 Å². The van der Waals surface area contributed by atoms with Crippen molar-refractivity contribution in [2.24, 2.45) is 7.05 Å². The molecule has 3 aromatic rings. The van der Waals surface area contributed by atoms with Crippen LogP contribution in [0.15, 0.2) is 53.0 Å². The largest absolute Gasteiger partial charge is 0.457 e. The lowest BCUT2D eigenvalue weighted by Gasteiger charge is -2.08. The SMILES string of the molecule is CCc1nn(C)c(NC(=O)Cc2ccc(Oc3ccc(Cl)cc3)cc2)c1Br. The van der Waals surface area contributed by atoms with E-state index in [1.165, 1.54) is 0 Å². The number of benzene rings is 2. The van der Waals surface area contributed by atoms with E-state index >= 15 is 0 Å². The number of amides is 1. The van der Waals surface area contributed by atoms with Crippen molar-refractivity contribution in [2.45, 2.75) is 19.8 Å². The Morgan fingerprint density at radius 2 is 1.74 bits per heavy atom. The molecule has 0 spiro atoms. The Kier molecular flexibility index (Phi) is 6.19. The minimum Gasteiger partial charge on any atom is -0.457 e. The van der Waals surface area contributed by atoms with Gasteiger partial charge in [-0.15, -0.1) is 0 Å². The highest BCUT2D eigenvalue weighted by atomic mass is 79.9. The molecule has 0 fully saturated rings. The van der Waals surface area contributed by atoms with Crippen LogP contribution < -0.4 is 10.1 Å². The van der Waals surface area contributed by atoms with Gasteiger partial charge in [0.2, 0.25) is 5.91 Å². The number of hydrogen-bond acceptors (Lipinski definition) is 3. The summed E-state index contributed by atoms with van der Waals surface area (Å²) >= 11 is 9.37. The van der Waals surface area contributed by atoms with Crippen LogP contribution >= 0.6 is 27.5 Å². The summed E-state index contributed by atoms with van der Waals surface area (Å²) in [6.07, 6.45) is 1.06. The maximum absolute atomic E-state index is 12.4. The van der Waals surface area contributed by atoms with Crippen molar-refractivity contribution < 1.29 is 9.53 Å². The van der Waals surface area contributed by atoms with Gasteiger partial charge in [-0.1, -0.05) is 30.7 Å². The third kappa shape index (κ3) is 4.90. The van der Waals surface area contributed by atoms with Crippen molar-refractivity contribution >= 4 is 39.3 Å². The zero-order chi connectivity index (χ0) is 19.4. The fourth-order valence-corrected chi connectivity index (χ4v) is 3.43. The molecule has 7 heteroatoms. The van der Waals surface area contributed by atoms with Gasteiger partial charge in [0, 0.05) is 12.1 Å². The van der Waals surface area contributed by atoms with E-state index in [0.29, 0.717) is 22.3 Å². The number of aromatic nitrogens is 2. The molecule has 0 aliphatic heterocycles. The molecule has 0 saturated carbocycles. The van der Waals surface area contributed by atoms with Crippen LogP contribution in [0.1, 0.15) is 18.2 Å². The molecule has 2 aromatic carbocycles. The maximum atomic E-state index is 12.4. The molecule has 0 aliphatic carbocycles. The van der Waals surface area contributed by atoms with Crippen LogP contribution in [-0.4, -0.2) is 15.7 Å². The number of carbonyl (C=O) groups excluding carboxylic acids is 1. The maximum Gasteiger partial charge on any atom is 0.229 e. The Labute approximate surface area is 171 Å². The van der Waals surface area contributed by atoms with Gasteiger partial charge in [0.25, 0.3) is 0 Å². The predicted octanol–water partition coefficient (Wildman–Crippen LogP) is 5.37. The van der Waals surface area contributed by atoms with Crippen LogP contribution in [0.2, 0.25) is 5.02 Å². The summed E-state index contributed by atoms with van der Waals surface area (Å²) in [5.74, 6) is 1.97. The number of carbonyl (C=O) groups is 1. The van der Waals surface area contributed by atoms with E-state index < -0.39 is 0 Å². The first-order chi connectivity index (χ1) is 13.0. The van der Waals surface area contributed by atoms with Gasteiger partial charge in [0.15, 0.2) is 0 Å². The number of rotatable bonds is 6. The summed E-state index contributed by atoms with van der Waals surface area (Å²) in [5, 5.41) is 7.95. The summed E-state index contributed by atoms with van der Waals surface area (Å²) in [7, 11) is 1.81. The molecule has 0 radical (unpaired) electrons. The molecule has 1 aromatic heterocycles. The second-order valence-electron chi connectivity index (χ2n) is 6.01. The zero-order valence-electron chi connectivity index (χ0n) is 15.0. The van der Waals surface area contributed by atoms with Crippen molar-refractivity contribution in [2.75, 3.05) is 5.32 Å². The fourth-order valence-electron chi connectivity index (χ4n) is 2.59. The number of anilines is 1. The fraction of sp³-hybridized carbons (Fsp3) is 0.200. The zero-order valence-corrected chi connectivity index (χ0v) is 17.3. The monoisotopic (exact) mass is 447 g/mol. The third-order valence-corrected chi connectivity index (χ3v) is 5.07. The Bertz CT molecular complexity index is 937. The lowest BCUT2D eigenvalue weighted by Crippen LogP contribution is -2.17. The molecule has 0 atom stereocenters. The first-order valence-electron chi connectivity index (χ1n) is 8.50. The average Bonchev–Trinajstić information content (AvgIpc) is 2.92. The van der Waals surface area contributed by atoms with Gasteiger partial charge in [-0.05, 0) is 64.3 Å². The van der Waals surface area contributed by atoms with E-state index in [-0.39, 0.29) is 12.3 Å². The highest BCUT2D eigenvalue weighted by Gasteiger charge is 2.15. The van der Waals surface area contributed by atoms with Gasteiger partial charge >= 0.3 is 0 Å². The first kappa shape index (κ1) is 19.5. The lowest BCUT2D eigenvalue weighted by molar-refractivity contribution is -0.115. The van der Waals surface area contributed by atoms with Gasteiger partial charge in [0.05, 0.1) is 16.6 Å². The van der Waals surface area contributed by atoms with Gasteiger partial charge in [0.1, 0.15) is 17.3 Å². The Morgan fingerprint density at radius 1 is 1.15 bits per heavy atom. The van der Waals surface area contributed by atoms with Crippen LogP contribution in [0.4, 0.5) is 5.82 Å². The van der Waals surface area contributed by atoms with Crippen molar-refractivity contribution in [3.63, 3.8) is 0 Å². The second-order valence-corrected chi connectivity index (χ2v) is 7.24. The molecule has 1 N–H and O–H groups in total. The van der Waals surface area contributed by atoms with Crippen molar-refractivity contribution in [3.8, 4) is 11.5 Å². The normalized spacial score (nSPS) is 10.7. The van der Waals surface area contributed by atoms with Crippen LogP contribution in [0.3, 0.4) is 0 Å². The Hall–Kier alpha value is -2.31. The number of halogens is 2. The molecule has 27 heavy (non-hydrogen) atoms. The standard InChI is InChI=1S/C20H19BrClN3O2/c1-3-17-19(21)20(25(2)24-17)23-18(26)12-13-4-8-15(9-5-13)27-16-10-6-14(22)7-11-16/h4-11H,3,12H2,1-2H3,(H,23,26). The second kappa shape index (κ2) is 8.59. The lowest BCUT2D eigenvalue weighted by atomic mass is 10.1. The molecule has 1 amide bonds. The molecule has 1 heterocycles. The Balaban J connectivity index is 1.61. The number of ether oxygens (including phenoxy) is 1. The molecule has 0 saturated heterocycles. The van der Waals surface area contributed by atoms with Gasteiger partial charge in [-0.25, -0.2) is 0 Å². The molecule has 3 rings (SSSR count). The summed E-state index contributed by atoms with van der Waals surface area (Å²) < 4.78 is 8.26. The smallest absolute Gasteiger partial charge is 0.229 e. The summed E-state index contributed by atoms with van der Waals surface area (Å²) in [5.41, 5.74) is 1.81. The van der Waals surface area contributed by atoms with Gasteiger partial charge in [-0.2, -0.15) is 5.10 Å². The summed E-state index contributed by atoms with van der Waals surface area (Å²) in [6.45, 7) is 2.02. The number of nitrogens with zero attached hydrogens (tertiary/aromatic N) is 2. The molecule has 140 valence electrons. The van der Waals surface area contributed by atoms with E-state index in [1.807, 2.05) is 38.2 Å². The molecular weight excluding hydrogens is 430 g/mol. The van der Waals surface area contributed by atoms with E-state index in [9.17, 15) is 4.79 Å². The van der Waals surface area contributed by atoms with Crippen molar-refractivity contribution in [1.82, 2.24) is 9.78 Å². The van der Waals surface area contributed by atoms with Gasteiger partial charge in [-0.3, -0.25) is 9.48 Å². The minimum atomic E-state index is -0.104. The first-order valence-corrected chi connectivity index (χ1v) is 9.67. The van der Waals surface area contributed by atoms with E-state index in [4.69, 9.17) is 16.3 Å². The van der Waals surface area contributed by atoms with E-state index in [2.05, 4.69) is 26.3 Å².